The molecule has 3 aromatic rings. The molecule has 7 heteroatoms. The lowest BCUT2D eigenvalue weighted by molar-refractivity contribution is -0.140. The van der Waals surface area contributed by atoms with Crippen LogP contribution in [-0.4, -0.2) is 41.0 Å². The van der Waals surface area contributed by atoms with Crippen molar-refractivity contribution in [1.29, 1.82) is 0 Å². The van der Waals surface area contributed by atoms with E-state index >= 15 is 0 Å². The van der Waals surface area contributed by atoms with E-state index in [-0.39, 0.29) is 18.2 Å². The molecule has 44 heavy (non-hydrogen) atoms. The van der Waals surface area contributed by atoms with Gasteiger partial charge in [-0.2, -0.15) is 0 Å². The van der Waals surface area contributed by atoms with E-state index in [4.69, 9.17) is 4.74 Å². The third-order valence-electron chi connectivity index (χ3n) is 7.23. The molecule has 0 saturated heterocycles. The van der Waals surface area contributed by atoms with Gasteiger partial charge < -0.3 is 20.3 Å². The third kappa shape index (κ3) is 10.4. The number of benzene rings is 3. The second kappa shape index (κ2) is 16.5. The number of alkyl carbamates (subject to hydrolysis) is 1. The summed E-state index contributed by atoms with van der Waals surface area (Å²) in [6.45, 7) is 13.6. The van der Waals surface area contributed by atoms with E-state index in [9.17, 15) is 14.4 Å². The Labute approximate surface area is 262 Å². The summed E-state index contributed by atoms with van der Waals surface area (Å²) in [5, 5.41) is 5.90. The van der Waals surface area contributed by atoms with Gasteiger partial charge >= 0.3 is 6.09 Å². The van der Waals surface area contributed by atoms with Crippen molar-refractivity contribution >= 4 is 29.7 Å². The minimum Gasteiger partial charge on any atom is -0.444 e. The predicted molar refractivity (Wildman–Crippen MR) is 178 cm³/mol. The molecule has 3 aromatic carbocycles. The van der Waals surface area contributed by atoms with Crippen LogP contribution in [0, 0.1) is 6.92 Å². The maximum Gasteiger partial charge on any atom is 0.408 e. The van der Waals surface area contributed by atoms with Gasteiger partial charge in [0.2, 0.25) is 5.91 Å². The van der Waals surface area contributed by atoms with Crippen LogP contribution in [0.4, 0.5) is 10.5 Å². The van der Waals surface area contributed by atoms with E-state index in [0.717, 1.165) is 36.0 Å². The largest absolute Gasteiger partial charge is 0.444 e. The van der Waals surface area contributed by atoms with Crippen molar-refractivity contribution in [1.82, 2.24) is 10.2 Å². The molecule has 2 atom stereocenters. The number of hydrogen-bond acceptors (Lipinski definition) is 4. The summed E-state index contributed by atoms with van der Waals surface area (Å²) < 4.78 is 5.55. The van der Waals surface area contributed by atoms with E-state index in [1.807, 2.05) is 85.8 Å². The van der Waals surface area contributed by atoms with E-state index in [0.29, 0.717) is 24.2 Å². The SMILES string of the molecule is C=Cc1cccc(C(C(=O)Nc2ccccc2C)N(CCCCCC)C(=O)C(Cc2ccccc2)NC(=O)OC(C)(C)C)c1. The smallest absolute Gasteiger partial charge is 0.408 e. The van der Waals surface area contributed by atoms with Gasteiger partial charge in [-0.05, 0) is 68.5 Å². The van der Waals surface area contributed by atoms with Gasteiger partial charge in [0.25, 0.3) is 5.91 Å². The van der Waals surface area contributed by atoms with Gasteiger partial charge in [0.05, 0.1) is 0 Å². The second-order valence-corrected chi connectivity index (χ2v) is 12.1. The Kier molecular flexibility index (Phi) is 12.8. The first kappa shape index (κ1) is 34.1. The van der Waals surface area contributed by atoms with Crippen LogP contribution in [0.2, 0.25) is 0 Å². The molecule has 3 rings (SSSR count). The lowest BCUT2D eigenvalue weighted by Crippen LogP contribution is -2.53. The van der Waals surface area contributed by atoms with Gasteiger partial charge in [-0.1, -0.05) is 106 Å². The van der Waals surface area contributed by atoms with Crippen LogP contribution in [0.1, 0.15) is 81.7 Å². The molecule has 0 radical (unpaired) electrons. The van der Waals surface area contributed by atoms with Crippen LogP contribution in [-0.2, 0) is 20.7 Å². The first-order valence-electron chi connectivity index (χ1n) is 15.4. The fourth-order valence-electron chi connectivity index (χ4n) is 5.02. The number of nitrogens with zero attached hydrogens (tertiary/aromatic N) is 1. The minimum atomic E-state index is -0.963. The molecule has 0 aromatic heterocycles. The number of unbranched alkanes of at least 4 members (excludes halogenated alkanes) is 3. The topological polar surface area (TPSA) is 87.7 Å². The van der Waals surface area contributed by atoms with E-state index in [1.165, 1.54) is 0 Å². The highest BCUT2D eigenvalue weighted by Crippen LogP contribution is 2.27. The average Bonchev–Trinajstić information content (AvgIpc) is 2.98. The van der Waals surface area contributed by atoms with Crippen LogP contribution in [0.25, 0.3) is 6.08 Å². The Hall–Kier alpha value is -4.39. The average molecular weight is 598 g/mol. The number of amides is 3. The highest BCUT2D eigenvalue weighted by Gasteiger charge is 2.36. The number of ether oxygens (including phenoxy) is 1. The second-order valence-electron chi connectivity index (χ2n) is 12.1. The summed E-state index contributed by atoms with van der Waals surface area (Å²) in [7, 11) is 0. The first-order chi connectivity index (χ1) is 21.0. The molecule has 2 unspecified atom stereocenters. The molecule has 0 aliphatic heterocycles. The molecule has 7 nitrogen and oxygen atoms in total. The van der Waals surface area contributed by atoms with Crippen molar-refractivity contribution in [2.24, 2.45) is 0 Å². The number of rotatable bonds is 14. The summed E-state index contributed by atoms with van der Waals surface area (Å²) in [6.07, 6.45) is 4.92. The molecule has 0 aliphatic rings. The molecule has 234 valence electrons. The lowest BCUT2D eigenvalue weighted by Gasteiger charge is -2.35. The molecule has 0 fully saturated rings. The fraction of sp³-hybridized carbons (Fsp3) is 0.378. The van der Waals surface area contributed by atoms with E-state index in [1.54, 1.807) is 31.7 Å². The maximum atomic E-state index is 14.7. The Morgan fingerprint density at radius 1 is 0.932 bits per heavy atom. The zero-order chi connectivity index (χ0) is 32.1. The molecule has 0 heterocycles. The van der Waals surface area contributed by atoms with Crippen molar-refractivity contribution < 1.29 is 19.1 Å². The van der Waals surface area contributed by atoms with Gasteiger partial charge in [-0.25, -0.2) is 4.79 Å². The molecular formula is C37H47N3O4. The van der Waals surface area contributed by atoms with Crippen LogP contribution in [0.3, 0.4) is 0 Å². The summed E-state index contributed by atoms with van der Waals surface area (Å²) in [6, 6.07) is 22.7. The Morgan fingerprint density at radius 3 is 2.30 bits per heavy atom. The van der Waals surface area contributed by atoms with E-state index < -0.39 is 23.8 Å². The molecule has 0 saturated carbocycles. The molecule has 3 amide bonds. The van der Waals surface area contributed by atoms with Gasteiger partial charge in [0, 0.05) is 18.7 Å². The van der Waals surface area contributed by atoms with Crippen LogP contribution < -0.4 is 10.6 Å². The standard InChI is InChI=1S/C37H47N3O4/c1-7-9-10-16-24-40(35(42)32(26-29-19-12-11-13-20-29)39-36(43)44-37(4,5)6)33(30-22-17-21-28(8-2)25-30)34(41)38-31-23-15-14-18-27(31)3/h8,11-15,17-23,25,32-33H,2,7,9-10,16,24,26H2,1,3-6H3,(H,38,41)(H,39,43). The van der Waals surface area contributed by atoms with Crippen molar-refractivity contribution in [3.8, 4) is 0 Å². The van der Waals surface area contributed by atoms with Gasteiger partial charge in [0.1, 0.15) is 17.7 Å². The van der Waals surface area contributed by atoms with E-state index in [2.05, 4.69) is 24.1 Å². The lowest BCUT2D eigenvalue weighted by atomic mass is 9.98. The number of carbonyl (C=O) groups excluding carboxylic acids is 3. The Balaban J connectivity index is 2.09. The molecule has 0 spiro atoms. The van der Waals surface area contributed by atoms with Gasteiger partial charge in [-0.15, -0.1) is 0 Å². The van der Waals surface area contributed by atoms with Gasteiger partial charge in [0.15, 0.2) is 0 Å². The number of aryl methyl sites for hydroxylation is 1. The summed E-state index contributed by atoms with van der Waals surface area (Å²) >= 11 is 0. The molecule has 0 aliphatic carbocycles. The number of carbonyl (C=O) groups is 3. The highest BCUT2D eigenvalue weighted by atomic mass is 16.6. The minimum absolute atomic E-state index is 0.239. The zero-order valence-corrected chi connectivity index (χ0v) is 26.8. The van der Waals surface area contributed by atoms with Gasteiger partial charge in [-0.3, -0.25) is 9.59 Å². The Morgan fingerprint density at radius 2 is 1.64 bits per heavy atom. The molecular weight excluding hydrogens is 550 g/mol. The molecule has 2 N–H and O–H groups in total. The molecule has 0 bridgehead atoms. The summed E-state index contributed by atoms with van der Waals surface area (Å²) in [5.41, 5.74) is 3.21. The van der Waals surface area contributed by atoms with Crippen molar-refractivity contribution in [2.45, 2.75) is 84.4 Å². The number of nitrogens with one attached hydrogen (secondary N) is 2. The summed E-state index contributed by atoms with van der Waals surface area (Å²) in [5.74, 6) is -0.690. The number of anilines is 1. The normalized spacial score (nSPS) is 12.5. The number of para-hydroxylation sites is 1. The summed E-state index contributed by atoms with van der Waals surface area (Å²) in [4.78, 5) is 43.6. The van der Waals surface area contributed by atoms with Crippen molar-refractivity contribution in [3.63, 3.8) is 0 Å². The quantitative estimate of drug-likeness (QED) is 0.185. The monoisotopic (exact) mass is 597 g/mol. The van der Waals surface area contributed by atoms with Crippen LogP contribution in [0.15, 0.2) is 85.4 Å². The highest BCUT2D eigenvalue weighted by molar-refractivity contribution is 5.99. The fourth-order valence-corrected chi connectivity index (χ4v) is 5.02. The van der Waals surface area contributed by atoms with Crippen LogP contribution >= 0.6 is 0 Å². The number of hydrogen-bond donors (Lipinski definition) is 2. The Bertz CT molecular complexity index is 1400. The van der Waals surface area contributed by atoms with Crippen molar-refractivity contribution in [2.75, 3.05) is 11.9 Å². The first-order valence-corrected chi connectivity index (χ1v) is 15.4. The third-order valence-corrected chi connectivity index (χ3v) is 7.23. The maximum absolute atomic E-state index is 14.7. The predicted octanol–water partition coefficient (Wildman–Crippen LogP) is 7.86. The van der Waals surface area contributed by atoms with Crippen molar-refractivity contribution in [3.05, 3.63) is 108 Å². The van der Waals surface area contributed by atoms with Crippen LogP contribution in [0.5, 0.6) is 0 Å². The zero-order valence-electron chi connectivity index (χ0n) is 26.8.